The summed E-state index contributed by atoms with van der Waals surface area (Å²) in [6.07, 6.45) is 12.1. The van der Waals surface area contributed by atoms with Crippen LogP contribution in [0.2, 0.25) is 0 Å². The fourth-order valence-corrected chi connectivity index (χ4v) is 2.83. The van der Waals surface area contributed by atoms with Crippen LogP contribution in [-0.4, -0.2) is 27.0 Å². The maximum Gasteiger partial charge on any atom is 0.0756 e. The van der Waals surface area contributed by atoms with Gasteiger partial charge in [0.05, 0.1) is 11.4 Å². The minimum atomic E-state index is 0.639. The van der Waals surface area contributed by atoms with Crippen LogP contribution in [0.25, 0.3) is 0 Å². The standard InChI is InChI=1S/C13H17N3/c1-10-13(15-8-7-14-10)9-16-11-3-2-4-12(16)6-5-11/h2-3,7-8,11-12H,4-6,9H2,1H3. The molecule has 3 heterocycles. The lowest BCUT2D eigenvalue weighted by Gasteiger charge is -2.31. The van der Waals surface area contributed by atoms with E-state index in [9.17, 15) is 0 Å². The topological polar surface area (TPSA) is 29.0 Å². The van der Waals surface area contributed by atoms with Gasteiger partial charge < -0.3 is 0 Å². The first kappa shape index (κ1) is 9.97. The van der Waals surface area contributed by atoms with Gasteiger partial charge in [-0.05, 0) is 26.2 Å². The number of nitrogens with zero attached hydrogens (tertiary/aromatic N) is 3. The molecular formula is C13H17N3. The highest BCUT2D eigenvalue weighted by Gasteiger charge is 2.33. The summed E-state index contributed by atoms with van der Waals surface area (Å²) >= 11 is 0. The fraction of sp³-hybridized carbons (Fsp3) is 0.538. The summed E-state index contributed by atoms with van der Waals surface area (Å²) in [5.41, 5.74) is 2.20. The number of hydrogen-bond acceptors (Lipinski definition) is 3. The Morgan fingerprint density at radius 1 is 1.31 bits per heavy atom. The Morgan fingerprint density at radius 2 is 2.19 bits per heavy atom. The summed E-state index contributed by atoms with van der Waals surface area (Å²) in [6.45, 7) is 3.00. The van der Waals surface area contributed by atoms with Crippen LogP contribution < -0.4 is 0 Å². The van der Waals surface area contributed by atoms with E-state index in [1.165, 1.54) is 19.3 Å². The Balaban J connectivity index is 1.81. The zero-order valence-electron chi connectivity index (χ0n) is 9.63. The molecule has 1 aromatic heterocycles. The average Bonchev–Trinajstić information content (AvgIpc) is 2.53. The lowest BCUT2D eigenvalue weighted by Crippen LogP contribution is -2.37. The maximum absolute atomic E-state index is 4.44. The van der Waals surface area contributed by atoms with Gasteiger partial charge in [0.2, 0.25) is 0 Å². The molecule has 2 aliphatic heterocycles. The predicted molar refractivity (Wildman–Crippen MR) is 62.9 cm³/mol. The van der Waals surface area contributed by atoms with Crippen molar-refractivity contribution in [2.45, 2.75) is 44.8 Å². The summed E-state index contributed by atoms with van der Waals surface area (Å²) in [5, 5.41) is 0. The molecule has 1 saturated heterocycles. The first-order chi connectivity index (χ1) is 7.84. The second-order valence-corrected chi connectivity index (χ2v) is 4.72. The van der Waals surface area contributed by atoms with Crippen molar-refractivity contribution in [3.63, 3.8) is 0 Å². The molecule has 3 rings (SSSR count). The summed E-state index contributed by atoms with van der Waals surface area (Å²) in [5.74, 6) is 0. The van der Waals surface area contributed by atoms with Gasteiger partial charge >= 0.3 is 0 Å². The second-order valence-electron chi connectivity index (χ2n) is 4.72. The zero-order valence-corrected chi connectivity index (χ0v) is 9.63. The normalized spacial score (nSPS) is 28.6. The molecule has 0 radical (unpaired) electrons. The SMILES string of the molecule is Cc1nccnc1CN1C2C=CCC1CC2. The number of aryl methyl sites for hydroxylation is 1. The molecule has 2 atom stereocenters. The molecule has 1 fully saturated rings. The van der Waals surface area contributed by atoms with Crippen LogP contribution in [0.3, 0.4) is 0 Å². The van der Waals surface area contributed by atoms with E-state index < -0.39 is 0 Å². The second kappa shape index (κ2) is 3.98. The molecule has 2 unspecified atom stereocenters. The van der Waals surface area contributed by atoms with E-state index in [4.69, 9.17) is 0 Å². The molecule has 3 nitrogen and oxygen atoms in total. The van der Waals surface area contributed by atoms with Gasteiger partial charge in [-0.15, -0.1) is 0 Å². The van der Waals surface area contributed by atoms with Crippen LogP contribution in [-0.2, 0) is 6.54 Å². The van der Waals surface area contributed by atoms with Gasteiger partial charge in [-0.25, -0.2) is 0 Å². The molecule has 0 aliphatic carbocycles. The molecule has 2 bridgehead atoms. The van der Waals surface area contributed by atoms with Crippen LogP contribution in [0.4, 0.5) is 0 Å². The van der Waals surface area contributed by atoms with Crippen molar-refractivity contribution in [1.29, 1.82) is 0 Å². The highest BCUT2D eigenvalue weighted by Crippen LogP contribution is 2.32. The highest BCUT2D eigenvalue weighted by atomic mass is 15.2. The first-order valence-electron chi connectivity index (χ1n) is 6.03. The van der Waals surface area contributed by atoms with Crippen LogP contribution in [0, 0.1) is 6.92 Å². The Bertz CT molecular complexity index is 413. The van der Waals surface area contributed by atoms with Crippen molar-refractivity contribution in [2.75, 3.05) is 0 Å². The molecule has 3 heteroatoms. The lowest BCUT2D eigenvalue weighted by atomic mass is 10.1. The fourth-order valence-electron chi connectivity index (χ4n) is 2.83. The number of rotatable bonds is 2. The molecular weight excluding hydrogens is 198 g/mol. The Morgan fingerprint density at radius 3 is 3.00 bits per heavy atom. The Kier molecular flexibility index (Phi) is 2.48. The van der Waals surface area contributed by atoms with Crippen LogP contribution in [0.5, 0.6) is 0 Å². The smallest absolute Gasteiger partial charge is 0.0756 e. The van der Waals surface area contributed by atoms with Gasteiger partial charge in [0.1, 0.15) is 0 Å². The summed E-state index contributed by atoms with van der Waals surface area (Å²) < 4.78 is 0. The van der Waals surface area contributed by atoms with E-state index in [-0.39, 0.29) is 0 Å². The van der Waals surface area contributed by atoms with Crippen molar-refractivity contribution >= 4 is 0 Å². The number of aromatic nitrogens is 2. The van der Waals surface area contributed by atoms with Gasteiger partial charge in [-0.3, -0.25) is 14.9 Å². The average molecular weight is 215 g/mol. The monoisotopic (exact) mass is 215 g/mol. The molecule has 0 spiro atoms. The van der Waals surface area contributed by atoms with Crippen LogP contribution >= 0.6 is 0 Å². The van der Waals surface area contributed by atoms with Gasteiger partial charge in [-0.2, -0.15) is 0 Å². The van der Waals surface area contributed by atoms with Crippen LogP contribution in [0.1, 0.15) is 30.7 Å². The summed E-state index contributed by atoms with van der Waals surface area (Å²) in [6, 6.07) is 1.37. The zero-order chi connectivity index (χ0) is 11.0. The van der Waals surface area contributed by atoms with Crippen molar-refractivity contribution in [2.24, 2.45) is 0 Å². The number of hydrogen-bond donors (Lipinski definition) is 0. The van der Waals surface area contributed by atoms with Crippen LogP contribution in [0.15, 0.2) is 24.5 Å². The van der Waals surface area contributed by atoms with Crippen molar-refractivity contribution in [1.82, 2.24) is 14.9 Å². The molecule has 1 aromatic rings. The summed E-state index contributed by atoms with van der Waals surface area (Å²) in [4.78, 5) is 11.3. The number of fused-ring (bicyclic) bond motifs is 2. The molecule has 16 heavy (non-hydrogen) atoms. The van der Waals surface area contributed by atoms with Crippen molar-refractivity contribution in [3.05, 3.63) is 35.9 Å². The van der Waals surface area contributed by atoms with E-state index in [1.807, 2.05) is 6.92 Å². The maximum atomic E-state index is 4.44. The lowest BCUT2D eigenvalue weighted by molar-refractivity contribution is 0.197. The third-order valence-electron chi connectivity index (χ3n) is 3.77. The van der Waals surface area contributed by atoms with Crippen molar-refractivity contribution in [3.8, 4) is 0 Å². The highest BCUT2D eigenvalue weighted by molar-refractivity contribution is 5.13. The summed E-state index contributed by atoms with van der Waals surface area (Å²) in [7, 11) is 0. The Hall–Kier alpha value is -1.22. The third-order valence-corrected chi connectivity index (χ3v) is 3.77. The van der Waals surface area contributed by atoms with E-state index in [2.05, 4.69) is 27.0 Å². The van der Waals surface area contributed by atoms with Gasteiger partial charge in [0.15, 0.2) is 0 Å². The van der Waals surface area contributed by atoms with Gasteiger partial charge in [-0.1, -0.05) is 12.2 Å². The van der Waals surface area contributed by atoms with E-state index >= 15 is 0 Å². The molecule has 0 aromatic carbocycles. The third kappa shape index (κ3) is 1.65. The largest absolute Gasteiger partial charge is 0.288 e. The first-order valence-corrected chi connectivity index (χ1v) is 6.03. The minimum absolute atomic E-state index is 0.639. The van der Waals surface area contributed by atoms with Gasteiger partial charge in [0.25, 0.3) is 0 Å². The van der Waals surface area contributed by atoms with Crippen molar-refractivity contribution < 1.29 is 0 Å². The minimum Gasteiger partial charge on any atom is -0.288 e. The van der Waals surface area contributed by atoms with Gasteiger partial charge in [0, 0.05) is 31.0 Å². The molecule has 0 N–H and O–H groups in total. The van der Waals surface area contributed by atoms with E-state index in [0.717, 1.165) is 24.0 Å². The Labute approximate surface area is 96.2 Å². The van der Waals surface area contributed by atoms with E-state index in [0.29, 0.717) is 6.04 Å². The molecule has 84 valence electrons. The molecule has 0 saturated carbocycles. The quantitative estimate of drug-likeness (QED) is 0.707. The molecule has 2 aliphatic rings. The van der Waals surface area contributed by atoms with E-state index in [1.54, 1.807) is 12.4 Å². The molecule has 0 amide bonds. The predicted octanol–water partition coefficient (Wildman–Crippen LogP) is 2.08.